The lowest BCUT2D eigenvalue weighted by Gasteiger charge is -2.35. The van der Waals surface area contributed by atoms with Crippen LogP contribution in [0.15, 0.2) is 34.5 Å². The van der Waals surface area contributed by atoms with E-state index >= 15 is 0 Å². The molecule has 0 radical (unpaired) electrons. The number of pyridine rings is 1. The van der Waals surface area contributed by atoms with E-state index in [9.17, 15) is 0 Å². The first-order chi connectivity index (χ1) is 9.33. The van der Waals surface area contributed by atoms with Gasteiger partial charge in [-0.3, -0.25) is 9.88 Å². The summed E-state index contributed by atoms with van der Waals surface area (Å²) in [6.07, 6.45) is 5.60. The van der Waals surface area contributed by atoms with Gasteiger partial charge in [-0.1, -0.05) is 0 Å². The SMILES string of the molecule is Brc1cnc(CN2CCNCC2c2ccncc2)s1.Cl. The molecule has 3 heterocycles. The maximum absolute atomic E-state index is 4.44. The average molecular weight is 376 g/mol. The van der Waals surface area contributed by atoms with Crippen molar-refractivity contribution in [2.45, 2.75) is 12.6 Å². The summed E-state index contributed by atoms with van der Waals surface area (Å²) in [6.45, 7) is 3.97. The molecule has 0 bridgehead atoms. The number of halogens is 2. The van der Waals surface area contributed by atoms with Crippen LogP contribution in [0.2, 0.25) is 0 Å². The second-order valence-corrected chi connectivity index (χ2v) is 7.02. The Hall–Kier alpha value is -0.530. The summed E-state index contributed by atoms with van der Waals surface area (Å²) in [5, 5.41) is 4.63. The molecule has 0 amide bonds. The minimum Gasteiger partial charge on any atom is -0.314 e. The van der Waals surface area contributed by atoms with Crippen molar-refractivity contribution in [3.8, 4) is 0 Å². The summed E-state index contributed by atoms with van der Waals surface area (Å²) in [6, 6.07) is 4.60. The van der Waals surface area contributed by atoms with Crippen molar-refractivity contribution < 1.29 is 0 Å². The molecule has 7 heteroatoms. The third kappa shape index (κ3) is 3.77. The summed E-state index contributed by atoms with van der Waals surface area (Å²) >= 11 is 5.18. The summed E-state index contributed by atoms with van der Waals surface area (Å²) in [5.74, 6) is 0. The standard InChI is InChI=1S/C13H15BrN4S.ClH/c14-12-8-17-13(19-12)9-18-6-5-16-7-11(18)10-1-3-15-4-2-10;/h1-4,8,11,16H,5-7,9H2;1H. The highest BCUT2D eigenvalue weighted by molar-refractivity contribution is 9.11. The number of aromatic nitrogens is 2. The van der Waals surface area contributed by atoms with Gasteiger partial charge in [-0.05, 0) is 33.6 Å². The lowest BCUT2D eigenvalue weighted by atomic mass is 10.0. The number of hydrogen-bond acceptors (Lipinski definition) is 5. The number of nitrogens with zero attached hydrogens (tertiary/aromatic N) is 3. The lowest BCUT2D eigenvalue weighted by molar-refractivity contribution is 0.153. The first kappa shape index (κ1) is 15.9. The minimum atomic E-state index is 0. The first-order valence-electron chi connectivity index (χ1n) is 6.28. The first-order valence-corrected chi connectivity index (χ1v) is 7.89. The van der Waals surface area contributed by atoms with Crippen molar-refractivity contribution in [3.05, 3.63) is 45.1 Å². The van der Waals surface area contributed by atoms with Crippen LogP contribution in [0.1, 0.15) is 16.6 Å². The van der Waals surface area contributed by atoms with Gasteiger partial charge in [0, 0.05) is 38.1 Å². The Morgan fingerprint density at radius 2 is 2.20 bits per heavy atom. The van der Waals surface area contributed by atoms with Crippen LogP contribution < -0.4 is 5.32 Å². The molecule has 2 aromatic rings. The molecule has 0 aromatic carbocycles. The van der Waals surface area contributed by atoms with Gasteiger partial charge in [-0.2, -0.15) is 0 Å². The number of thiazole rings is 1. The summed E-state index contributed by atoms with van der Waals surface area (Å²) in [4.78, 5) is 11.0. The van der Waals surface area contributed by atoms with Gasteiger partial charge in [0.1, 0.15) is 5.01 Å². The maximum Gasteiger partial charge on any atom is 0.108 e. The monoisotopic (exact) mass is 374 g/mol. The normalized spacial score (nSPS) is 19.6. The van der Waals surface area contributed by atoms with Crippen molar-refractivity contribution in [1.82, 2.24) is 20.2 Å². The van der Waals surface area contributed by atoms with Crippen LogP contribution in [0.3, 0.4) is 0 Å². The fourth-order valence-corrected chi connectivity index (χ4v) is 3.71. The van der Waals surface area contributed by atoms with E-state index in [4.69, 9.17) is 0 Å². The molecule has 1 unspecified atom stereocenters. The second kappa shape index (κ2) is 7.47. The van der Waals surface area contributed by atoms with Gasteiger partial charge >= 0.3 is 0 Å². The average Bonchev–Trinajstić information content (AvgIpc) is 2.86. The van der Waals surface area contributed by atoms with Crippen LogP contribution in [0, 0.1) is 0 Å². The van der Waals surface area contributed by atoms with Crippen molar-refractivity contribution >= 4 is 39.7 Å². The molecule has 0 saturated carbocycles. The van der Waals surface area contributed by atoms with E-state index in [0.717, 1.165) is 35.0 Å². The Morgan fingerprint density at radius 1 is 1.40 bits per heavy atom. The van der Waals surface area contributed by atoms with E-state index in [-0.39, 0.29) is 12.4 Å². The summed E-state index contributed by atoms with van der Waals surface area (Å²) in [5.41, 5.74) is 1.32. The molecule has 0 aliphatic carbocycles. The molecule has 1 atom stereocenters. The molecule has 4 nitrogen and oxygen atoms in total. The van der Waals surface area contributed by atoms with Crippen LogP contribution in [0.25, 0.3) is 0 Å². The topological polar surface area (TPSA) is 41.1 Å². The smallest absolute Gasteiger partial charge is 0.108 e. The number of hydrogen-bond donors (Lipinski definition) is 1. The molecule has 0 spiro atoms. The highest BCUT2D eigenvalue weighted by Crippen LogP contribution is 2.26. The Balaban J connectivity index is 0.00000147. The van der Waals surface area contributed by atoms with E-state index in [1.165, 1.54) is 5.56 Å². The van der Waals surface area contributed by atoms with Crippen molar-refractivity contribution in [2.24, 2.45) is 0 Å². The highest BCUT2D eigenvalue weighted by Gasteiger charge is 2.24. The third-order valence-corrected chi connectivity index (χ3v) is 4.77. The number of nitrogens with one attached hydrogen (secondary N) is 1. The molecule has 1 saturated heterocycles. The Labute approximate surface area is 137 Å². The highest BCUT2D eigenvalue weighted by atomic mass is 79.9. The van der Waals surface area contributed by atoms with Crippen LogP contribution in [-0.4, -0.2) is 34.5 Å². The van der Waals surface area contributed by atoms with E-state index in [1.807, 2.05) is 18.6 Å². The van der Waals surface area contributed by atoms with Crippen LogP contribution in [0.5, 0.6) is 0 Å². The van der Waals surface area contributed by atoms with Gasteiger partial charge in [0.2, 0.25) is 0 Å². The zero-order valence-electron chi connectivity index (χ0n) is 10.8. The molecule has 108 valence electrons. The van der Waals surface area contributed by atoms with Gasteiger partial charge in [0.15, 0.2) is 0 Å². The summed E-state index contributed by atoms with van der Waals surface area (Å²) < 4.78 is 1.10. The van der Waals surface area contributed by atoms with E-state index in [2.05, 4.69) is 48.2 Å². The fourth-order valence-electron chi connectivity index (χ4n) is 2.38. The van der Waals surface area contributed by atoms with Crippen LogP contribution in [-0.2, 0) is 6.54 Å². The maximum atomic E-state index is 4.44. The minimum absolute atomic E-state index is 0. The number of rotatable bonds is 3. The van der Waals surface area contributed by atoms with Crippen molar-refractivity contribution in [2.75, 3.05) is 19.6 Å². The molecular weight excluding hydrogens is 360 g/mol. The lowest BCUT2D eigenvalue weighted by Crippen LogP contribution is -2.45. The molecule has 1 aliphatic heterocycles. The molecular formula is C13H16BrClN4S. The van der Waals surface area contributed by atoms with Gasteiger partial charge in [-0.15, -0.1) is 23.7 Å². The largest absolute Gasteiger partial charge is 0.314 e. The van der Waals surface area contributed by atoms with Crippen molar-refractivity contribution in [1.29, 1.82) is 0 Å². The van der Waals surface area contributed by atoms with Gasteiger partial charge in [0.05, 0.1) is 16.5 Å². The molecule has 1 N–H and O–H groups in total. The van der Waals surface area contributed by atoms with E-state index in [0.29, 0.717) is 6.04 Å². The van der Waals surface area contributed by atoms with Crippen molar-refractivity contribution in [3.63, 3.8) is 0 Å². The van der Waals surface area contributed by atoms with Crippen LogP contribution >= 0.6 is 39.7 Å². The Kier molecular flexibility index (Phi) is 5.92. The van der Waals surface area contributed by atoms with E-state index in [1.54, 1.807) is 11.3 Å². The number of piperazine rings is 1. The van der Waals surface area contributed by atoms with Gasteiger partial charge in [0.25, 0.3) is 0 Å². The van der Waals surface area contributed by atoms with Gasteiger partial charge < -0.3 is 5.32 Å². The van der Waals surface area contributed by atoms with E-state index < -0.39 is 0 Å². The Bertz CT molecular complexity index is 536. The molecule has 1 fully saturated rings. The summed E-state index contributed by atoms with van der Waals surface area (Å²) in [7, 11) is 0. The zero-order valence-corrected chi connectivity index (χ0v) is 14.0. The predicted molar refractivity (Wildman–Crippen MR) is 87.3 cm³/mol. The molecule has 20 heavy (non-hydrogen) atoms. The fraction of sp³-hybridized carbons (Fsp3) is 0.385. The Morgan fingerprint density at radius 3 is 2.90 bits per heavy atom. The molecule has 3 rings (SSSR count). The second-order valence-electron chi connectivity index (χ2n) is 4.53. The quantitative estimate of drug-likeness (QED) is 0.895. The predicted octanol–water partition coefficient (Wildman–Crippen LogP) is 2.87. The third-order valence-electron chi connectivity index (χ3n) is 3.31. The van der Waals surface area contributed by atoms with Gasteiger partial charge in [-0.25, -0.2) is 4.98 Å². The molecule has 2 aromatic heterocycles. The zero-order chi connectivity index (χ0) is 13.1. The van der Waals surface area contributed by atoms with Crippen LogP contribution in [0.4, 0.5) is 0 Å². The molecule has 1 aliphatic rings.